The Balaban J connectivity index is 2.51. The summed E-state index contributed by atoms with van der Waals surface area (Å²) >= 11 is 0. The third-order valence-corrected chi connectivity index (χ3v) is 2.08. The second-order valence-corrected chi connectivity index (χ2v) is 3.54. The average molecular weight is 255 g/mol. The Morgan fingerprint density at radius 3 is 2.56 bits per heavy atom. The van der Waals surface area contributed by atoms with Gasteiger partial charge in [0.25, 0.3) is 5.69 Å². The fraction of sp³-hybridized carbons (Fsp3) is 0.364. The number of ether oxygens (including phenoxy) is 2. The molecule has 98 valence electrons. The van der Waals surface area contributed by atoms with Gasteiger partial charge in [0, 0.05) is 25.2 Å². The van der Waals surface area contributed by atoms with Crippen molar-refractivity contribution in [3.63, 3.8) is 0 Å². The van der Waals surface area contributed by atoms with E-state index in [9.17, 15) is 14.9 Å². The quantitative estimate of drug-likeness (QED) is 0.373. The summed E-state index contributed by atoms with van der Waals surface area (Å²) in [6.07, 6.45) is -1.06. The second kappa shape index (κ2) is 6.55. The van der Waals surface area contributed by atoms with E-state index in [4.69, 9.17) is 14.6 Å². The Morgan fingerprint density at radius 1 is 1.44 bits per heavy atom. The number of nitro benzene ring substituents is 1. The van der Waals surface area contributed by atoms with Gasteiger partial charge in [-0.3, -0.25) is 10.1 Å². The van der Waals surface area contributed by atoms with Crippen LogP contribution in [-0.2, 0) is 4.74 Å². The fourth-order valence-electron chi connectivity index (χ4n) is 1.16. The number of hydrogen-bond donors (Lipinski definition) is 1. The molecule has 1 rings (SSSR count). The Bertz CT molecular complexity index is 416. The zero-order chi connectivity index (χ0) is 13.5. The number of carbonyl (C=O) groups is 1. The number of rotatable bonds is 5. The van der Waals surface area contributed by atoms with Crippen LogP contribution in [0.5, 0.6) is 5.75 Å². The molecule has 0 aliphatic heterocycles. The highest BCUT2D eigenvalue weighted by Gasteiger charge is 2.12. The van der Waals surface area contributed by atoms with Crippen molar-refractivity contribution in [2.75, 3.05) is 6.61 Å². The summed E-state index contributed by atoms with van der Waals surface area (Å²) < 4.78 is 9.62. The number of non-ortho nitro benzene ring substituents is 1. The van der Waals surface area contributed by atoms with E-state index in [0.29, 0.717) is 6.42 Å². The predicted octanol–water partition coefficient (Wildman–Crippen LogP) is 1.88. The molecule has 0 aliphatic rings. The monoisotopic (exact) mass is 255 g/mol. The molecule has 1 aromatic rings. The molecule has 0 saturated heterocycles. The van der Waals surface area contributed by atoms with Crippen molar-refractivity contribution >= 4 is 11.8 Å². The molecule has 0 saturated carbocycles. The SMILES string of the molecule is CC(CCO)OC(=O)Oc1ccc([N+](=O)[O-])cc1. The normalized spacial score (nSPS) is 11.7. The molecule has 0 radical (unpaired) electrons. The Labute approximate surface area is 103 Å². The Hall–Kier alpha value is -2.15. The van der Waals surface area contributed by atoms with Gasteiger partial charge in [0.05, 0.1) is 4.92 Å². The number of benzene rings is 1. The third-order valence-electron chi connectivity index (χ3n) is 2.08. The lowest BCUT2D eigenvalue weighted by Gasteiger charge is -2.11. The van der Waals surface area contributed by atoms with Crippen LogP contribution in [0.2, 0.25) is 0 Å². The van der Waals surface area contributed by atoms with Gasteiger partial charge in [0.1, 0.15) is 11.9 Å². The van der Waals surface area contributed by atoms with Crippen LogP contribution in [0.1, 0.15) is 13.3 Å². The molecule has 1 aromatic carbocycles. The van der Waals surface area contributed by atoms with Crippen LogP contribution in [-0.4, -0.2) is 28.9 Å². The van der Waals surface area contributed by atoms with Crippen molar-refractivity contribution in [1.29, 1.82) is 0 Å². The minimum Gasteiger partial charge on any atom is -0.431 e. The summed E-state index contributed by atoms with van der Waals surface area (Å²) in [5.41, 5.74) is -0.0932. The zero-order valence-corrected chi connectivity index (χ0v) is 9.74. The number of nitro groups is 1. The van der Waals surface area contributed by atoms with Crippen LogP contribution in [0.4, 0.5) is 10.5 Å². The van der Waals surface area contributed by atoms with Crippen molar-refractivity contribution in [1.82, 2.24) is 0 Å². The topological polar surface area (TPSA) is 98.9 Å². The van der Waals surface area contributed by atoms with Crippen molar-refractivity contribution in [2.45, 2.75) is 19.4 Å². The van der Waals surface area contributed by atoms with Gasteiger partial charge >= 0.3 is 6.16 Å². The van der Waals surface area contributed by atoms with Crippen molar-refractivity contribution in [3.8, 4) is 5.75 Å². The number of carbonyl (C=O) groups excluding carboxylic acids is 1. The van der Waals surface area contributed by atoms with Crippen LogP contribution in [0.3, 0.4) is 0 Å². The molecule has 7 nitrogen and oxygen atoms in total. The van der Waals surface area contributed by atoms with E-state index < -0.39 is 17.2 Å². The van der Waals surface area contributed by atoms with E-state index in [-0.39, 0.29) is 18.0 Å². The van der Waals surface area contributed by atoms with Gasteiger partial charge in [-0.1, -0.05) is 0 Å². The molecule has 18 heavy (non-hydrogen) atoms. The first-order chi connectivity index (χ1) is 8.52. The first-order valence-electron chi connectivity index (χ1n) is 5.26. The smallest absolute Gasteiger partial charge is 0.431 e. The maximum Gasteiger partial charge on any atom is 0.514 e. The molecule has 0 heterocycles. The van der Waals surface area contributed by atoms with E-state index in [1.807, 2.05) is 0 Å². The third kappa shape index (κ3) is 4.38. The Kier molecular flexibility index (Phi) is 5.06. The molecule has 0 bridgehead atoms. The highest BCUT2D eigenvalue weighted by molar-refractivity contribution is 5.64. The molecule has 0 fully saturated rings. The van der Waals surface area contributed by atoms with Gasteiger partial charge in [-0.15, -0.1) is 0 Å². The minimum atomic E-state index is -0.912. The lowest BCUT2D eigenvalue weighted by molar-refractivity contribution is -0.384. The van der Waals surface area contributed by atoms with E-state index >= 15 is 0 Å². The lowest BCUT2D eigenvalue weighted by Crippen LogP contribution is -2.19. The van der Waals surface area contributed by atoms with Crippen molar-refractivity contribution in [3.05, 3.63) is 34.4 Å². The summed E-state index contributed by atoms with van der Waals surface area (Å²) in [6.45, 7) is 1.53. The number of nitrogens with zero attached hydrogens (tertiary/aromatic N) is 1. The maximum atomic E-state index is 11.3. The van der Waals surface area contributed by atoms with Crippen LogP contribution in [0, 0.1) is 10.1 Å². The van der Waals surface area contributed by atoms with E-state index in [2.05, 4.69) is 0 Å². The van der Waals surface area contributed by atoms with Gasteiger partial charge in [-0.05, 0) is 19.1 Å². The number of hydrogen-bond acceptors (Lipinski definition) is 6. The van der Waals surface area contributed by atoms with Crippen LogP contribution >= 0.6 is 0 Å². The number of aliphatic hydroxyl groups is 1. The molecule has 7 heteroatoms. The minimum absolute atomic E-state index is 0.0913. The standard InChI is InChI=1S/C11H13NO6/c1-8(6-7-13)17-11(14)18-10-4-2-9(3-5-10)12(15)16/h2-5,8,13H,6-7H2,1H3. The first kappa shape index (κ1) is 13.9. The van der Waals surface area contributed by atoms with Crippen LogP contribution in [0.25, 0.3) is 0 Å². The van der Waals surface area contributed by atoms with Crippen LogP contribution in [0.15, 0.2) is 24.3 Å². The second-order valence-electron chi connectivity index (χ2n) is 3.54. The lowest BCUT2D eigenvalue weighted by atomic mass is 10.3. The first-order valence-corrected chi connectivity index (χ1v) is 5.26. The van der Waals surface area contributed by atoms with Gasteiger partial charge in [-0.2, -0.15) is 0 Å². The number of aliphatic hydroxyl groups excluding tert-OH is 1. The molecule has 0 spiro atoms. The van der Waals surface area contributed by atoms with E-state index in [0.717, 1.165) is 0 Å². The summed E-state index contributed by atoms with van der Waals surface area (Å²) in [5.74, 6) is 0.154. The van der Waals surface area contributed by atoms with Crippen LogP contribution < -0.4 is 4.74 Å². The Morgan fingerprint density at radius 2 is 2.06 bits per heavy atom. The van der Waals surface area contributed by atoms with Gasteiger partial charge in [-0.25, -0.2) is 4.79 Å². The van der Waals surface area contributed by atoms with Crippen molar-refractivity contribution in [2.24, 2.45) is 0 Å². The molecule has 0 amide bonds. The van der Waals surface area contributed by atoms with Gasteiger partial charge in [0.2, 0.25) is 0 Å². The zero-order valence-electron chi connectivity index (χ0n) is 9.74. The van der Waals surface area contributed by atoms with Crippen molar-refractivity contribution < 1.29 is 24.3 Å². The molecule has 0 aliphatic carbocycles. The maximum absolute atomic E-state index is 11.3. The van der Waals surface area contributed by atoms with E-state index in [1.165, 1.54) is 24.3 Å². The van der Waals surface area contributed by atoms with E-state index in [1.54, 1.807) is 6.92 Å². The molecular formula is C11H13NO6. The molecule has 1 N–H and O–H groups in total. The molecule has 1 unspecified atom stereocenters. The largest absolute Gasteiger partial charge is 0.514 e. The average Bonchev–Trinajstić information content (AvgIpc) is 2.29. The molecule has 1 atom stereocenters. The highest BCUT2D eigenvalue weighted by Crippen LogP contribution is 2.17. The fourth-order valence-corrected chi connectivity index (χ4v) is 1.16. The van der Waals surface area contributed by atoms with Gasteiger partial charge in [0.15, 0.2) is 0 Å². The summed E-state index contributed by atoms with van der Waals surface area (Å²) in [7, 11) is 0. The highest BCUT2D eigenvalue weighted by atomic mass is 16.7. The predicted molar refractivity (Wildman–Crippen MR) is 61.4 cm³/mol. The molecular weight excluding hydrogens is 242 g/mol. The van der Waals surface area contributed by atoms with Gasteiger partial charge < -0.3 is 14.6 Å². The summed E-state index contributed by atoms with van der Waals surface area (Å²) in [4.78, 5) is 21.1. The summed E-state index contributed by atoms with van der Waals surface area (Å²) in [5, 5.41) is 19.0. The summed E-state index contributed by atoms with van der Waals surface area (Å²) in [6, 6.07) is 5.05. The molecule has 0 aromatic heterocycles.